The van der Waals surface area contributed by atoms with Crippen LogP contribution in [0, 0.1) is 0 Å². The van der Waals surface area contributed by atoms with Crippen molar-refractivity contribution in [3.63, 3.8) is 0 Å². The van der Waals surface area contributed by atoms with Gasteiger partial charge in [0.15, 0.2) is 0 Å². The zero-order valence-electron chi connectivity index (χ0n) is 16.0. The molecule has 4 aromatic rings. The number of nitrogens with zero attached hydrogens (tertiary/aromatic N) is 2. The summed E-state index contributed by atoms with van der Waals surface area (Å²) in [6.07, 6.45) is 4.41. The Kier molecular flexibility index (Phi) is 4.24. The third kappa shape index (κ3) is 2.92. The highest BCUT2D eigenvalue weighted by atomic mass is 16.1. The molecule has 0 saturated carbocycles. The lowest BCUT2D eigenvalue weighted by molar-refractivity contribution is 0.157. The third-order valence-corrected chi connectivity index (χ3v) is 6.17. The van der Waals surface area contributed by atoms with Gasteiger partial charge < -0.3 is 9.97 Å². The van der Waals surface area contributed by atoms with Gasteiger partial charge in [0.25, 0.3) is 5.56 Å². The summed E-state index contributed by atoms with van der Waals surface area (Å²) in [6.45, 7) is 4.14. The van der Waals surface area contributed by atoms with E-state index >= 15 is 0 Å². The van der Waals surface area contributed by atoms with E-state index in [9.17, 15) is 4.79 Å². The van der Waals surface area contributed by atoms with Crippen LogP contribution in [0.3, 0.4) is 0 Å². The number of para-hydroxylation sites is 2. The standard InChI is InChI=1S/C23H24N4O/c1-15(22-25-21-9-5-3-7-18(21)23(28)26-22)27-12-10-16(11-13-27)19-14-24-20-8-4-2-6-17(19)20/h2-9,14-16,24H,10-13H2,1H3,(H,25,26,28)/t15-/m1/s1. The molecule has 3 heterocycles. The number of piperidine rings is 1. The van der Waals surface area contributed by atoms with Crippen LogP contribution in [0.1, 0.15) is 43.1 Å². The highest BCUT2D eigenvalue weighted by Gasteiger charge is 2.27. The number of benzene rings is 2. The summed E-state index contributed by atoms with van der Waals surface area (Å²) in [5, 5.41) is 1.99. The fourth-order valence-electron chi connectivity index (χ4n) is 4.50. The highest BCUT2D eigenvalue weighted by molar-refractivity contribution is 5.83. The van der Waals surface area contributed by atoms with E-state index in [-0.39, 0.29) is 11.6 Å². The van der Waals surface area contributed by atoms with Crippen LogP contribution in [0.15, 0.2) is 59.5 Å². The molecule has 142 valence electrons. The van der Waals surface area contributed by atoms with Crippen molar-refractivity contribution in [2.75, 3.05) is 13.1 Å². The molecule has 1 fully saturated rings. The predicted octanol–water partition coefficient (Wildman–Crippen LogP) is 4.35. The molecule has 0 amide bonds. The molecular weight excluding hydrogens is 348 g/mol. The van der Waals surface area contributed by atoms with E-state index in [0.29, 0.717) is 11.3 Å². The second-order valence-electron chi connectivity index (χ2n) is 7.74. The predicted molar refractivity (Wildman–Crippen MR) is 113 cm³/mol. The third-order valence-electron chi connectivity index (χ3n) is 6.17. The molecule has 0 radical (unpaired) electrons. The molecule has 1 atom stereocenters. The summed E-state index contributed by atoms with van der Waals surface area (Å²) < 4.78 is 0. The molecule has 1 aliphatic heterocycles. The average molecular weight is 372 g/mol. The van der Waals surface area contributed by atoms with Gasteiger partial charge in [-0.05, 0) is 62.5 Å². The summed E-state index contributed by atoms with van der Waals surface area (Å²) in [4.78, 5) is 26.0. The number of aromatic nitrogens is 3. The van der Waals surface area contributed by atoms with E-state index in [1.807, 2.05) is 24.3 Å². The van der Waals surface area contributed by atoms with Crippen LogP contribution in [0.2, 0.25) is 0 Å². The molecule has 28 heavy (non-hydrogen) atoms. The average Bonchev–Trinajstić information content (AvgIpc) is 3.17. The van der Waals surface area contributed by atoms with Crippen LogP contribution in [0.4, 0.5) is 0 Å². The second-order valence-corrected chi connectivity index (χ2v) is 7.74. The van der Waals surface area contributed by atoms with Crippen molar-refractivity contribution < 1.29 is 0 Å². The van der Waals surface area contributed by atoms with Crippen molar-refractivity contribution in [3.05, 3.63) is 76.5 Å². The van der Waals surface area contributed by atoms with Gasteiger partial charge in [0.2, 0.25) is 0 Å². The summed E-state index contributed by atoms with van der Waals surface area (Å²) in [6, 6.07) is 16.2. The van der Waals surface area contributed by atoms with Gasteiger partial charge in [-0.25, -0.2) is 4.98 Å². The Morgan fingerprint density at radius 2 is 1.75 bits per heavy atom. The fourth-order valence-corrected chi connectivity index (χ4v) is 4.50. The maximum atomic E-state index is 12.4. The number of hydrogen-bond acceptors (Lipinski definition) is 3. The first-order valence-corrected chi connectivity index (χ1v) is 10.00. The van der Waals surface area contributed by atoms with Gasteiger partial charge in [-0.3, -0.25) is 9.69 Å². The van der Waals surface area contributed by atoms with Crippen molar-refractivity contribution >= 4 is 21.8 Å². The van der Waals surface area contributed by atoms with E-state index in [1.54, 1.807) is 0 Å². The van der Waals surface area contributed by atoms with E-state index in [0.717, 1.165) is 37.3 Å². The maximum absolute atomic E-state index is 12.4. The minimum Gasteiger partial charge on any atom is -0.361 e. The molecule has 5 rings (SSSR count). The number of aromatic amines is 2. The topological polar surface area (TPSA) is 64.8 Å². The maximum Gasteiger partial charge on any atom is 0.258 e. The Morgan fingerprint density at radius 3 is 2.57 bits per heavy atom. The minimum absolute atomic E-state index is 0.0545. The lowest BCUT2D eigenvalue weighted by atomic mass is 9.88. The van der Waals surface area contributed by atoms with Gasteiger partial charge >= 0.3 is 0 Å². The van der Waals surface area contributed by atoms with Gasteiger partial charge in [-0.2, -0.15) is 0 Å². The Bertz CT molecular complexity index is 1180. The molecule has 1 saturated heterocycles. The van der Waals surface area contributed by atoms with Crippen LogP contribution >= 0.6 is 0 Å². The number of nitrogens with one attached hydrogen (secondary N) is 2. The molecule has 2 aromatic heterocycles. The Morgan fingerprint density at radius 1 is 1.04 bits per heavy atom. The van der Waals surface area contributed by atoms with Gasteiger partial charge in [-0.1, -0.05) is 30.3 Å². The molecule has 0 bridgehead atoms. The van der Waals surface area contributed by atoms with Crippen LogP contribution in [-0.4, -0.2) is 32.9 Å². The first-order valence-electron chi connectivity index (χ1n) is 10.00. The van der Waals surface area contributed by atoms with Crippen molar-refractivity contribution in [2.24, 2.45) is 0 Å². The van der Waals surface area contributed by atoms with Crippen molar-refractivity contribution in [2.45, 2.75) is 31.7 Å². The van der Waals surface area contributed by atoms with Gasteiger partial charge in [0.05, 0.1) is 16.9 Å². The fraction of sp³-hybridized carbons (Fsp3) is 0.304. The van der Waals surface area contributed by atoms with Crippen LogP contribution in [-0.2, 0) is 0 Å². The van der Waals surface area contributed by atoms with Crippen LogP contribution in [0.5, 0.6) is 0 Å². The quantitative estimate of drug-likeness (QED) is 0.562. The molecule has 0 aliphatic carbocycles. The lowest BCUT2D eigenvalue weighted by Gasteiger charge is -2.35. The van der Waals surface area contributed by atoms with Crippen molar-refractivity contribution in [1.29, 1.82) is 0 Å². The Balaban J connectivity index is 1.35. The van der Waals surface area contributed by atoms with E-state index in [2.05, 4.69) is 52.3 Å². The number of fused-ring (bicyclic) bond motifs is 2. The number of H-pyrrole nitrogens is 2. The Hall–Kier alpha value is -2.92. The van der Waals surface area contributed by atoms with E-state index in [1.165, 1.54) is 16.5 Å². The molecule has 0 unspecified atom stereocenters. The van der Waals surface area contributed by atoms with Crippen LogP contribution in [0.25, 0.3) is 21.8 Å². The second kappa shape index (κ2) is 6.91. The summed E-state index contributed by atoms with van der Waals surface area (Å²) >= 11 is 0. The van der Waals surface area contributed by atoms with Gasteiger partial charge in [0, 0.05) is 17.1 Å². The molecule has 0 spiro atoms. The highest BCUT2D eigenvalue weighted by Crippen LogP contribution is 2.35. The van der Waals surface area contributed by atoms with Crippen molar-refractivity contribution in [3.8, 4) is 0 Å². The molecule has 5 heteroatoms. The van der Waals surface area contributed by atoms with Crippen LogP contribution < -0.4 is 5.56 Å². The smallest absolute Gasteiger partial charge is 0.258 e. The Labute approximate surface area is 163 Å². The largest absolute Gasteiger partial charge is 0.361 e. The molecular formula is C23H24N4O. The summed E-state index contributed by atoms with van der Waals surface area (Å²) in [5.74, 6) is 1.33. The number of rotatable bonds is 3. The molecule has 2 aromatic carbocycles. The number of likely N-dealkylation sites (tertiary alicyclic amines) is 1. The monoisotopic (exact) mass is 372 g/mol. The molecule has 2 N–H and O–H groups in total. The molecule has 1 aliphatic rings. The lowest BCUT2D eigenvalue weighted by Crippen LogP contribution is -2.36. The SMILES string of the molecule is C[C@H](c1nc2ccccc2c(=O)[nH]1)N1CCC(c2c[nH]c3ccccc23)CC1. The van der Waals surface area contributed by atoms with E-state index in [4.69, 9.17) is 4.98 Å². The minimum atomic E-state index is -0.0545. The van der Waals surface area contributed by atoms with Gasteiger partial charge in [-0.15, -0.1) is 0 Å². The molecule has 5 nitrogen and oxygen atoms in total. The van der Waals surface area contributed by atoms with Gasteiger partial charge in [0.1, 0.15) is 5.82 Å². The summed E-state index contributed by atoms with van der Waals surface area (Å²) in [7, 11) is 0. The zero-order valence-corrected chi connectivity index (χ0v) is 16.0. The van der Waals surface area contributed by atoms with E-state index < -0.39 is 0 Å². The summed E-state index contributed by atoms with van der Waals surface area (Å²) in [5.41, 5.74) is 3.36. The van der Waals surface area contributed by atoms with Crippen molar-refractivity contribution in [1.82, 2.24) is 19.9 Å². The first-order chi connectivity index (χ1) is 13.7. The number of hydrogen-bond donors (Lipinski definition) is 2. The normalized spacial score (nSPS) is 17.3. The zero-order chi connectivity index (χ0) is 19.1. The first kappa shape index (κ1) is 17.2.